The Bertz CT molecular complexity index is 818. The highest BCUT2D eigenvalue weighted by Crippen LogP contribution is 2.15. The van der Waals surface area contributed by atoms with E-state index in [2.05, 4.69) is 20.5 Å². The fourth-order valence-electron chi connectivity index (χ4n) is 2.92. The topological polar surface area (TPSA) is 151 Å². The van der Waals surface area contributed by atoms with Gasteiger partial charge in [-0.25, -0.2) is 4.39 Å². The van der Waals surface area contributed by atoms with Crippen molar-refractivity contribution in [3.05, 3.63) is 42.5 Å². The predicted octanol–water partition coefficient (Wildman–Crippen LogP) is -0.705. The molecule has 2 aromatic heterocycles. The van der Waals surface area contributed by atoms with Crippen LogP contribution in [0.4, 0.5) is 4.39 Å². The molecule has 1 saturated heterocycles. The third-order valence-corrected chi connectivity index (χ3v) is 4.10. The van der Waals surface area contributed by atoms with Gasteiger partial charge in [-0.3, -0.25) is 19.4 Å². The van der Waals surface area contributed by atoms with Crippen LogP contribution < -0.4 is 5.32 Å². The van der Waals surface area contributed by atoms with E-state index >= 15 is 0 Å². The molecule has 12 heteroatoms. The second kappa shape index (κ2) is 10.8. The van der Waals surface area contributed by atoms with E-state index in [-0.39, 0.29) is 43.5 Å². The van der Waals surface area contributed by atoms with Crippen molar-refractivity contribution in [3.8, 4) is 0 Å². The normalized spacial score (nSPS) is 18.3. The summed E-state index contributed by atoms with van der Waals surface area (Å²) in [7, 11) is 0. The maximum absolute atomic E-state index is 13.3. The molecular weight excluding hydrogens is 387 g/mol. The molecule has 2 atom stereocenters. The molecule has 0 saturated carbocycles. The number of carbonyl (C=O) groups excluding carboxylic acids is 2. The van der Waals surface area contributed by atoms with E-state index in [9.17, 15) is 19.1 Å². The first-order valence-electron chi connectivity index (χ1n) is 8.70. The zero-order valence-corrected chi connectivity index (χ0v) is 15.4. The van der Waals surface area contributed by atoms with Crippen LogP contribution in [0.5, 0.6) is 0 Å². The van der Waals surface area contributed by atoms with E-state index in [0.717, 1.165) is 12.3 Å². The van der Waals surface area contributed by atoms with Crippen molar-refractivity contribution < 1.29 is 29.0 Å². The summed E-state index contributed by atoms with van der Waals surface area (Å²) in [6.07, 6.45) is 5.14. The Morgan fingerprint density at radius 1 is 1.28 bits per heavy atom. The fourth-order valence-corrected chi connectivity index (χ4v) is 2.92. The van der Waals surface area contributed by atoms with Crippen LogP contribution in [0, 0.1) is 5.82 Å². The molecule has 0 unspecified atom stereocenters. The zero-order valence-electron chi connectivity index (χ0n) is 15.4. The number of hydrogen-bond donors (Lipinski definition) is 3. The molecule has 2 amide bonds. The second-order valence-electron chi connectivity index (χ2n) is 6.31. The van der Waals surface area contributed by atoms with Gasteiger partial charge in [0.25, 0.3) is 12.4 Å². The van der Waals surface area contributed by atoms with E-state index in [1.54, 1.807) is 4.57 Å². The Morgan fingerprint density at radius 2 is 1.97 bits per heavy atom. The first kappa shape index (κ1) is 21.9. The van der Waals surface area contributed by atoms with E-state index in [4.69, 9.17) is 9.90 Å². The van der Waals surface area contributed by atoms with Gasteiger partial charge in [-0.1, -0.05) is 0 Å². The van der Waals surface area contributed by atoms with Gasteiger partial charge in [-0.05, 0) is 12.5 Å². The van der Waals surface area contributed by atoms with Crippen molar-refractivity contribution in [3.63, 3.8) is 0 Å². The van der Waals surface area contributed by atoms with E-state index < -0.39 is 17.8 Å². The minimum absolute atomic E-state index is 0.108. The molecule has 0 spiro atoms. The summed E-state index contributed by atoms with van der Waals surface area (Å²) in [5, 5.41) is 27.1. The summed E-state index contributed by atoms with van der Waals surface area (Å²) in [6, 6.07) is 0.723. The van der Waals surface area contributed by atoms with E-state index in [0.29, 0.717) is 13.0 Å². The minimum Gasteiger partial charge on any atom is -0.483 e. The quantitative estimate of drug-likeness (QED) is 0.549. The third kappa shape index (κ3) is 6.92. The van der Waals surface area contributed by atoms with Crippen LogP contribution in [-0.4, -0.2) is 78.4 Å². The Hall–Kier alpha value is -3.41. The molecule has 2 aromatic rings. The Morgan fingerprint density at radius 3 is 2.62 bits per heavy atom. The summed E-state index contributed by atoms with van der Waals surface area (Å²) in [5.41, 5.74) is 0.108. The maximum Gasteiger partial charge on any atom is 0.290 e. The van der Waals surface area contributed by atoms with Crippen LogP contribution >= 0.6 is 0 Å². The summed E-state index contributed by atoms with van der Waals surface area (Å²) >= 11 is 0. The lowest BCUT2D eigenvalue weighted by atomic mass is 10.0. The number of aliphatic hydroxyl groups excluding tert-OH is 1. The van der Waals surface area contributed by atoms with Crippen LogP contribution in [0.15, 0.2) is 31.1 Å². The number of amides is 2. The van der Waals surface area contributed by atoms with Crippen LogP contribution in [0.2, 0.25) is 0 Å². The van der Waals surface area contributed by atoms with Gasteiger partial charge in [0.1, 0.15) is 18.5 Å². The van der Waals surface area contributed by atoms with E-state index in [1.807, 2.05) is 0 Å². The highest BCUT2D eigenvalue weighted by Gasteiger charge is 2.30. The second-order valence-corrected chi connectivity index (χ2v) is 6.31. The van der Waals surface area contributed by atoms with Crippen molar-refractivity contribution in [1.82, 2.24) is 30.0 Å². The average molecular weight is 408 g/mol. The molecule has 0 radical (unpaired) electrons. The summed E-state index contributed by atoms with van der Waals surface area (Å²) in [5.74, 6) is -1.23. The summed E-state index contributed by atoms with van der Waals surface area (Å²) in [4.78, 5) is 38.0. The third-order valence-electron chi connectivity index (χ3n) is 4.10. The number of nitrogens with one attached hydrogen (secondary N) is 1. The van der Waals surface area contributed by atoms with Crippen LogP contribution in [-0.2, 0) is 16.1 Å². The first-order valence-corrected chi connectivity index (χ1v) is 8.70. The SMILES string of the molecule is O=C(CCn1cnnc1)N[C@H]1C[C@@H](O)CN(C(=O)c2cncc(F)c2)C1.O=CO. The number of aryl methyl sites for hydroxylation is 1. The van der Waals surface area contributed by atoms with Crippen LogP contribution in [0.25, 0.3) is 0 Å². The van der Waals surface area contributed by atoms with Gasteiger partial charge >= 0.3 is 0 Å². The van der Waals surface area contributed by atoms with Gasteiger partial charge in [0.2, 0.25) is 5.91 Å². The molecule has 1 aliphatic heterocycles. The highest BCUT2D eigenvalue weighted by molar-refractivity contribution is 5.94. The van der Waals surface area contributed by atoms with Crippen molar-refractivity contribution in [2.24, 2.45) is 0 Å². The van der Waals surface area contributed by atoms with Gasteiger partial charge in [-0.15, -0.1) is 10.2 Å². The highest BCUT2D eigenvalue weighted by atomic mass is 19.1. The molecule has 1 fully saturated rings. The molecule has 0 aromatic carbocycles. The number of aliphatic hydroxyl groups is 1. The van der Waals surface area contributed by atoms with Crippen molar-refractivity contribution in [2.45, 2.75) is 31.5 Å². The summed E-state index contributed by atoms with van der Waals surface area (Å²) in [6.45, 7) is 0.554. The number of β-amino-alcohol motifs (C(OH)–C–C–N with tert-alkyl or cyclic N) is 1. The Balaban J connectivity index is 0.000000941. The standard InChI is InChI=1S/C16H19FN6O3.CH2O2/c17-12-3-11(5-18-6-12)16(26)23-7-13(4-14(24)8-23)21-15(25)1-2-22-9-19-20-10-22;2-1-3/h3,5-6,9-10,13-14,24H,1-2,4,7-8H2,(H,21,25);1H,(H,2,3)/t13-,14+;/m0./s1. The monoisotopic (exact) mass is 408 g/mol. The lowest BCUT2D eigenvalue weighted by Crippen LogP contribution is -2.54. The average Bonchev–Trinajstić information content (AvgIpc) is 3.19. The summed E-state index contributed by atoms with van der Waals surface area (Å²) < 4.78 is 15.0. The number of rotatable bonds is 5. The fraction of sp³-hybridized carbons (Fsp3) is 0.412. The van der Waals surface area contributed by atoms with Crippen molar-refractivity contribution in [1.29, 1.82) is 0 Å². The maximum atomic E-state index is 13.3. The minimum atomic E-state index is -0.766. The lowest BCUT2D eigenvalue weighted by Gasteiger charge is -2.36. The van der Waals surface area contributed by atoms with Crippen LogP contribution in [0.1, 0.15) is 23.2 Å². The Kier molecular flexibility index (Phi) is 8.15. The molecule has 1 aliphatic rings. The molecule has 29 heavy (non-hydrogen) atoms. The van der Waals surface area contributed by atoms with Gasteiger partial charge in [0.15, 0.2) is 0 Å². The van der Waals surface area contributed by atoms with E-state index in [1.165, 1.54) is 23.8 Å². The molecule has 3 rings (SSSR count). The number of halogens is 1. The number of carbonyl (C=O) groups is 3. The van der Waals surface area contributed by atoms with Gasteiger partial charge in [0.05, 0.1) is 17.9 Å². The van der Waals surface area contributed by atoms with Crippen LogP contribution in [0.3, 0.4) is 0 Å². The molecule has 0 aliphatic carbocycles. The van der Waals surface area contributed by atoms with Gasteiger partial charge in [-0.2, -0.15) is 0 Å². The Labute approximate surface area is 165 Å². The molecule has 156 valence electrons. The zero-order chi connectivity index (χ0) is 21.2. The van der Waals surface area contributed by atoms with Crippen molar-refractivity contribution in [2.75, 3.05) is 13.1 Å². The lowest BCUT2D eigenvalue weighted by molar-refractivity contribution is -0.123. The predicted molar refractivity (Wildman–Crippen MR) is 96.0 cm³/mol. The number of aromatic nitrogens is 4. The van der Waals surface area contributed by atoms with Gasteiger partial charge < -0.3 is 25.0 Å². The van der Waals surface area contributed by atoms with Gasteiger partial charge in [0, 0.05) is 38.3 Å². The molecule has 3 heterocycles. The van der Waals surface area contributed by atoms with Crippen molar-refractivity contribution >= 4 is 18.3 Å². The smallest absolute Gasteiger partial charge is 0.290 e. The largest absolute Gasteiger partial charge is 0.483 e. The number of piperidine rings is 1. The molecule has 0 bridgehead atoms. The number of carboxylic acid groups (broad SMARTS) is 1. The number of likely N-dealkylation sites (tertiary alicyclic amines) is 1. The number of nitrogens with zero attached hydrogens (tertiary/aromatic N) is 5. The first-order chi connectivity index (χ1) is 13.9. The molecule has 11 nitrogen and oxygen atoms in total. The molecule has 3 N–H and O–H groups in total. The number of pyridine rings is 1. The molecular formula is C17H21FN6O5. The number of hydrogen-bond acceptors (Lipinski definition) is 7.